The molecule has 0 aromatic heterocycles. The van der Waals surface area contributed by atoms with Crippen molar-refractivity contribution in [2.24, 2.45) is 0 Å². The van der Waals surface area contributed by atoms with E-state index in [1.807, 2.05) is 31.2 Å². The van der Waals surface area contributed by atoms with Gasteiger partial charge < -0.3 is 10.5 Å². The molecule has 1 aliphatic rings. The minimum absolute atomic E-state index is 0.130. The van der Waals surface area contributed by atoms with Gasteiger partial charge >= 0.3 is 5.97 Å². The Balaban J connectivity index is 2.00. The third-order valence-corrected chi connectivity index (χ3v) is 4.05. The highest BCUT2D eigenvalue weighted by Gasteiger charge is 2.32. The molecular weight excluding hydrogens is 238 g/mol. The van der Waals surface area contributed by atoms with Gasteiger partial charge in [0.25, 0.3) is 0 Å². The third-order valence-electron chi connectivity index (χ3n) is 4.05. The highest BCUT2D eigenvalue weighted by molar-refractivity contribution is 5.78. The number of nitrogens with two attached hydrogens (primary N) is 1. The van der Waals surface area contributed by atoms with Crippen LogP contribution in [-0.2, 0) is 9.53 Å². The first-order chi connectivity index (χ1) is 9.00. The van der Waals surface area contributed by atoms with E-state index in [2.05, 4.69) is 6.92 Å². The minimum Gasteiger partial charge on any atom is -0.459 e. The minimum atomic E-state index is -0.266. The molecule has 0 heterocycles. The van der Waals surface area contributed by atoms with Crippen molar-refractivity contribution < 1.29 is 9.53 Å². The van der Waals surface area contributed by atoms with Crippen LogP contribution in [0, 0.1) is 0 Å². The lowest BCUT2D eigenvalue weighted by Crippen LogP contribution is -2.35. The van der Waals surface area contributed by atoms with Gasteiger partial charge in [-0.1, -0.05) is 18.6 Å². The van der Waals surface area contributed by atoms with Gasteiger partial charge in [-0.25, -0.2) is 0 Å². The zero-order valence-corrected chi connectivity index (χ0v) is 11.8. The highest BCUT2D eigenvalue weighted by atomic mass is 16.6. The van der Waals surface area contributed by atoms with Gasteiger partial charge in [-0.05, 0) is 57.2 Å². The molecule has 19 heavy (non-hydrogen) atoms. The van der Waals surface area contributed by atoms with Crippen LogP contribution < -0.4 is 5.73 Å². The van der Waals surface area contributed by atoms with Gasteiger partial charge in [0.1, 0.15) is 5.60 Å². The van der Waals surface area contributed by atoms with Crippen LogP contribution in [0.25, 0.3) is 0 Å². The van der Waals surface area contributed by atoms with Crippen molar-refractivity contribution in [3.8, 4) is 0 Å². The third kappa shape index (κ3) is 3.49. The fourth-order valence-electron chi connectivity index (χ4n) is 2.65. The number of esters is 1. The Hall–Kier alpha value is -1.51. The van der Waals surface area contributed by atoms with E-state index in [1.54, 1.807) is 0 Å². The van der Waals surface area contributed by atoms with Crippen LogP contribution in [0.1, 0.15) is 57.4 Å². The summed E-state index contributed by atoms with van der Waals surface area (Å²) in [6.45, 7) is 3.94. The molecule has 0 radical (unpaired) electrons. The van der Waals surface area contributed by atoms with Gasteiger partial charge in [-0.3, -0.25) is 4.79 Å². The van der Waals surface area contributed by atoms with Crippen molar-refractivity contribution in [1.29, 1.82) is 0 Å². The number of rotatable bonds is 3. The molecule has 0 saturated heterocycles. The summed E-state index contributed by atoms with van der Waals surface area (Å²) in [6, 6.07) is 7.43. The highest BCUT2D eigenvalue weighted by Crippen LogP contribution is 2.32. The fraction of sp³-hybridized carbons (Fsp3) is 0.562. The standard InChI is InChI=1S/C16H23NO2/c1-12(13-6-8-14(17)9-7-13)15(18)19-16(2)10-4-3-5-11-16/h6-9,12H,3-5,10-11,17H2,1-2H3. The lowest BCUT2D eigenvalue weighted by Gasteiger charge is -2.34. The molecule has 1 unspecified atom stereocenters. The monoisotopic (exact) mass is 261 g/mol. The van der Waals surface area contributed by atoms with Crippen molar-refractivity contribution in [3.05, 3.63) is 29.8 Å². The molecule has 1 aromatic carbocycles. The SMILES string of the molecule is CC(C(=O)OC1(C)CCCCC1)c1ccc(N)cc1. The molecule has 1 atom stereocenters. The lowest BCUT2D eigenvalue weighted by molar-refractivity contribution is -0.162. The van der Waals surface area contributed by atoms with Gasteiger partial charge in [0.05, 0.1) is 5.92 Å². The Bertz CT molecular complexity index is 433. The second-order valence-electron chi connectivity index (χ2n) is 5.82. The predicted octanol–water partition coefficient (Wildman–Crippen LogP) is 3.64. The second-order valence-corrected chi connectivity index (χ2v) is 5.82. The van der Waals surface area contributed by atoms with Gasteiger partial charge in [0, 0.05) is 5.69 Å². The van der Waals surface area contributed by atoms with Crippen molar-refractivity contribution in [1.82, 2.24) is 0 Å². The number of ether oxygens (including phenoxy) is 1. The largest absolute Gasteiger partial charge is 0.459 e. The summed E-state index contributed by atoms with van der Waals surface area (Å²) in [4.78, 5) is 12.2. The van der Waals surface area contributed by atoms with Crippen LogP contribution in [0.15, 0.2) is 24.3 Å². The van der Waals surface area contributed by atoms with Crippen molar-refractivity contribution in [2.75, 3.05) is 5.73 Å². The van der Waals surface area contributed by atoms with Crippen molar-refractivity contribution in [3.63, 3.8) is 0 Å². The molecular formula is C16H23NO2. The van der Waals surface area contributed by atoms with Crippen LogP contribution in [0.5, 0.6) is 0 Å². The van der Waals surface area contributed by atoms with Crippen molar-refractivity contribution >= 4 is 11.7 Å². The summed E-state index contributed by atoms with van der Waals surface area (Å²) in [5.74, 6) is -0.367. The molecule has 2 N–H and O–H groups in total. The Morgan fingerprint density at radius 1 is 1.21 bits per heavy atom. The zero-order valence-electron chi connectivity index (χ0n) is 11.8. The van der Waals surface area contributed by atoms with Crippen LogP contribution >= 0.6 is 0 Å². The summed E-state index contributed by atoms with van der Waals surface area (Å²) in [7, 11) is 0. The van der Waals surface area contributed by atoms with Crippen LogP contribution in [0.2, 0.25) is 0 Å². The Morgan fingerprint density at radius 2 is 1.79 bits per heavy atom. The molecule has 0 amide bonds. The van der Waals surface area contributed by atoms with E-state index in [9.17, 15) is 4.79 Å². The topological polar surface area (TPSA) is 52.3 Å². The zero-order chi connectivity index (χ0) is 13.9. The molecule has 1 saturated carbocycles. The Morgan fingerprint density at radius 3 is 2.37 bits per heavy atom. The van der Waals surface area contributed by atoms with Crippen LogP contribution in [0.3, 0.4) is 0 Å². The molecule has 1 aromatic rings. The van der Waals surface area contributed by atoms with Gasteiger partial charge in [0.15, 0.2) is 0 Å². The molecule has 0 aliphatic heterocycles. The first-order valence-corrected chi connectivity index (χ1v) is 7.08. The smallest absolute Gasteiger partial charge is 0.313 e. The number of nitrogen functional groups attached to an aromatic ring is 1. The number of hydrogen-bond donors (Lipinski definition) is 1. The first kappa shape index (κ1) is 13.9. The quantitative estimate of drug-likeness (QED) is 0.667. The normalized spacial score (nSPS) is 19.7. The summed E-state index contributed by atoms with van der Waals surface area (Å²) < 4.78 is 5.76. The fourth-order valence-corrected chi connectivity index (χ4v) is 2.65. The van der Waals surface area contributed by atoms with Crippen LogP contribution in [0.4, 0.5) is 5.69 Å². The maximum Gasteiger partial charge on any atom is 0.313 e. The number of carbonyl (C=O) groups excluding carboxylic acids is 1. The van der Waals surface area contributed by atoms with Gasteiger partial charge in [0.2, 0.25) is 0 Å². The van der Waals surface area contributed by atoms with E-state index < -0.39 is 0 Å². The summed E-state index contributed by atoms with van der Waals surface area (Å²) >= 11 is 0. The molecule has 104 valence electrons. The Kier molecular flexibility index (Phi) is 4.13. The van der Waals surface area contributed by atoms with Crippen LogP contribution in [-0.4, -0.2) is 11.6 Å². The summed E-state index contributed by atoms with van der Waals surface area (Å²) in [5, 5.41) is 0. The van der Waals surface area contributed by atoms with E-state index in [0.717, 1.165) is 31.2 Å². The van der Waals surface area contributed by atoms with E-state index in [1.165, 1.54) is 6.42 Å². The molecule has 3 heteroatoms. The van der Waals surface area contributed by atoms with E-state index in [-0.39, 0.29) is 17.5 Å². The van der Waals surface area contributed by atoms with E-state index >= 15 is 0 Å². The van der Waals surface area contributed by atoms with Gasteiger partial charge in [-0.15, -0.1) is 0 Å². The van der Waals surface area contributed by atoms with E-state index in [4.69, 9.17) is 10.5 Å². The molecule has 0 bridgehead atoms. The van der Waals surface area contributed by atoms with Gasteiger partial charge in [-0.2, -0.15) is 0 Å². The molecule has 2 rings (SSSR count). The molecule has 0 spiro atoms. The number of carbonyl (C=O) groups is 1. The maximum absolute atomic E-state index is 12.2. The first-order valence-electron chi connectivity index (χ1n) is 7.08. The number of hydrogen-bond acceptors (Lipinski definition) is 3. The molecule has 3 nitrogen and oxygen atoms in total. The summed E-state index contributed by atoms with van der Waals surface area (Å²) in [5.41, 5.74) is 7.06. The molecule has 1 fully saturated rings. The number of anilines is 1. The maximum atomic E-state index is 12.2. The lowest BCUT2D eigenvalue weighted by atomic mass is 9.86. The Labute approximate surface area is 115 Å². The average Bonchev–Trinajstić information content (AvgIpc) is 2.39. The summed E-state index contributed by atoms with van der Waals surface area (Å²) in [6.07, 6.45) is 5.51. The predicted molar refractivity (Wildman–Crippen MR) is 76.9 cm³/mol. The number of benzene rings is 1. The molecule has 1 aliphatic carbocycles. The van der Waals surface area contributed by atoms with E-state index in [0.29, 0.717) is 5.69 Å². The van der Waals surface area contributed by atoms with Crippen molar-refractivity contribution in [2.45, 2.75) is 57.5 Å². The second kappa shape index (κ2) is 5.64. The average molecular weight is 261 g/mol.